The van der Waals surface area contributed by atoms with Crippen LogP contribution in [0.1, 0.15) is 27.0 Å². The van der Waals surface area contributed by atoms with Crippen LogP contribution >= 0.6 is 0 Å². The van der Waals surface area contributed by atoms with Gasteiger partial charge in [-0.25, -0.2) is 0 Å². The van der Waals surface area contributed by atoms with Gasteiger partial charge in [-0.3, -0.25) is 4.79 Å². The molecule has 0 fully saturated rings. The second kappa shape index (κ2) is 5.78. The molecule has 0 aliphatic carbocycles. The minimum atomic E-state index is -0.172. The molecule has 0 saturated carbocycles. The highest BCUT2D eigenvalue weighted by Gasteiger charge is 2.16. The molecule has 1 N–H and O–H groups in total. The van der Waals surface area contributed by atoms with Crippen LogP contribution in [0, 0.1) is 13.8 Å². The Hall–Kier alpha value is -2.29. The number of rotatable bonds is 3. The summed E-state index contributed by atoms with van der Waals surface area (Å²) in [7, 11) is 1.75. The van der Waals surface area contributed by atoms with Gasteiger partial charge in [0.2, 0.25) is 0 Å². The number of carbonyl (C=O) groups excluding carboxylic acids is 1. The molecular weight excluding hydrogens is 250 g/mol. The van der Waals surface area contributed by atoms with Gasteiger partial charge in [-0.05, 0) is 37.1 Å². The highest BCUT2D eigenvalue weighted by atomic mass is 16.3. The summed E-state index contributed by atoms with van der Waals surface area (Å²) in [6.07, 6.45) is 0. The molecule has 2 aromatic rings. The van der Waals surface area contributed by atoms with E-state index in [4.69, 9.17) is 0 Å². The lowest BCUT2D eigenvalue weighted by Crippen LogP contribution is -2.26. The third-order valence-corrected chi connectivity index (χ3v) is 3.40. The first kappa shape index (κ1) is 14.1. The Morgan fingerprint density at radius 1 is 1.15 bits per heavy atom. The Morgan fingerprint density at radius 2 is 1.85 bits per heavy atom. The van der Waals surface area contributed by atoms with Gasteiger partial charge in [-0.2, -0.15) is 0 Å². The number of aromatic hydroxyl groups is 1. The molecule has 0 aliphatic rings. The third-order valence-electron chi connectivity index (χ3n) is 3.40. The van der Waals surface area contributed by atoms with Crippen LogP contribution in [-0.4, -0.2) is 23.0 Å². The molecule has 3 nitrogen and oxygen atoms in total. The quantitative estimate of drug-likeness (QED) is 0.929. The smallest absolute Gasteiger partial charge is 0.257 e. The normalized spacial score (nSPS) is 10.3. The van der Waals surface area contributed by atoms with Crippen LogP contribution in [-0.2, 0) is 6.54 Å². The SMILES string of the molecule is Cc1ccc(O)c(C(=O)N(C)Cc2ccccc2C)c1. The zero-order valence-electron chi connectivity index (χ0n) is 12.1. The van der Waals surface area contributed by atoms with Crippen LogP contribution in [0.3, 0.4) is 0 Å². The minimum absolute atomic E-state index is 0.0252. The van der Waals surface area contributed by atoms with E-state index in [2.05, 4.69) is 0 Å². The zero-order chi connectivity index (χ0) is 14.7. The van der Waals surface area contributed by atoms with Crippen molar-refractivity contribution in [3.63, 3.8) is 0 Å². The van der Waals surface area contributed by atoms with E-state index in [1.165, 1.54) is 0 Å². The third kappa shape index (κ3) is 2.99. The van der Waals surface area contributed by atoms with Gasteiger partial charge >= 0.3 is 0 Å². The van der Waals surface area contributed by atoms with Crippen LogP contribution in [0.15, 0.2) is 42.5 Å². The fourth-order valence-electron chi connectivity index (χ4n) is 2.14. The van der Waals surface area contributed by atoms with E-state index in [1.54, 1.807) is 30.1 Å². The predicted molar refractivity (Wildman–Crippen MR) is 79.8 cm³/mol. The molecule has 20 heavy (non-hydrogen) atoms. The maximum absolute atomic E-state index is 12.4. The summed E-state index contributed by atoms with van der Waals surface area (Å²) in [4.78, 5) is 14.0. The molecule has 0 spiro atoms. The van der Waals surface area contributed by atoms with Gasteiger partial charge in [0, 0.05) is 13.6 Å². The average Bonchev–Trinajstić information content (AvgIpc) is 2.43. The fourth-order valence-corrected chi connectivity index (χ4v) is 2.14. The van der Waals surface area contributed by atoms with Crippen LogP contribution in [0.2, 0.25) is 0 Å². The molecule has 1 amide bonds. The molecule has 0 unspecified atom stereocenters. The number of amides is 1. The largest absolute Gasteiger partial charge is 0.507 e. The summed E-state index contributed by atoms with van der Waals surface area (Å²) in [5, 5.41) is 9.83. The van der Waals surface area contributed by atoms with E-state index in [-0.39, 0.29) is 11.7 Å². The maximum atomic E-state index is 12.4. The highest BCUT2D eigenvalue weighted by Crippen LogP contribution is 2.21. The Morgan fingerprint density at radius 3 is 2.55 bits per heavy atom. The summed E-state index contributed by atoms with van der Waals surface area (Å²) in [6.45, 7) is 4.45. The van der Waals surface area contributed by atoms with Crippen LogP contribution < -0.4 is 0 Å². The molecule has 0 aliphatic heterocycles. The molecule has 0 atom stereocenters. The Labute approximate surface area is 119 Å². The van der Waals surface area contributed by atoms with Gasteiger partial charge in [0.25, 0.3) is 5.91 Å². The maximum Gasteiger partial charge on any atom is 0.257 e. The Bertz CT molecular complexity index is 635. The first-order valence-corrected chi connectivity index (χ1v) is 6.58. The number of hydrogen-bond donors (Lipinski definition) is 1. The molecule has 3 heteroatoms. The average molecular weight is 269 g/mol. The van der Waals surface area contributed by atoms with Crippen LogP contribution in [0.5, 0.6) is 5.75 Å². The molecule has 0 heterocycles. The molecule has 0 aromatic heterocycles. The first-order chi connectivity index (χ1) is 9.49. The topological polar surface area (TPSA) is 40.5 Å². The van der Waals surface area contributed by atoms with Gasteiger partial charge in [-0.1, -0.05) is 35.9 Å². The van der Waals surface area contributed by atoms with Crippen molar-refractivity contribution in [1.82, 2.24) is 4.90 Å². The Balaban J connectivity index is 2.21. The number of phenols is 1. The summed E-state index contributed by atoms with van der Waals surface area (Å²) in [5.74, 6) is -0.147. The lowest BCUT2D eigenvalue weighted by molar-refractivity contribution is 0.0782. The number of nitrogens with zero attached hydrogens (tertiary/aromatic N) is 1. The van der Waals surface area contributed by atoms with Crippen molar-refractivity contribution in [2.45, 2.75) is 20.4 Å². The summed E-state index contributed by atoms with van der Waals surface area (Å²) in [5.41, 5.74) is 3.56. The number of aryl methyl sites for hydroxylation is 2. The van der Waals surface area contributed by atoms with Crippen LogP contribution in [0.4, 0.5) is 0 Å². The molecule has 104 valence electrons. The lowest BCUT2D eigenvalue weighted by Gasteiger charge is -2.19. The minimum Gasteiger partial charge on any atom is -0.507 e. The standard InChI is InChI=1S/C17H19NO2/c1-12-8-9-16(19)15(10-12)17(20)18(3)11-14-7-5-4-6-13(14)2/h4-10,19H,11H2,1-3H3. The lowest BCUT2D eigenvalue weighted by atomic mass is 10.1. The van der Waals surface area contributed by atoms with Gasteiger partial charge in [0.1, 0.15) is 5.75 Å². The fraction of sp³-hybridized carbons (Fsp3) is 0.235. The summed E-state index contributed by atoms with van der Waals surface area (Å²) >= 11 is 0. The molecule has 2 aromatic carbocycles. The van der Waals surface area contributed by atoms with E-state index in [0.717, 1.165) is 16.7 Å². The van der Waals surface area contributed by atoms with Crippen molar-refractivity contribution in [3.05, 3.63) is 64.7 Å². The predicted octanol–water partition coefficient (Wildman–Crippen LogP) is 3.28. The highest BCUT2D eigenvalue weighted by molar-refractivity contribution is 5.96. The van der Waals surface area contributed by atoms with Crippen molar-refractivity contribution >= 4 is 5.91 Å². The van der Waals surface area contributed by atoms with Crippen LogP contribution in [0.25, 0.3) is 0 Å². The molecule has 2 rings (SSSR count). The molecular formula is C17H19NO2. The van der Waals surface area contributed by atoms with Gasteiger partial charge in [0.05, 0.1) is 5.56 Å². The van der Waals surface area contributed by atoms with Gasteiger partial charge in [-0.15, -0.1) is 0 Å². The van der Waals surface area contributed by atoms with Crippen molar-refractivity contribution in [3.8, 4) is 5.75 Å². The Kier molecular flexibility index (Phi) is 4.08. The number of hydrogen-bond acceptors (Lipinski definition) is 2. The van der Waals surface area contributed by atoms with E-state index < -0.39 is 0 Å². The van der Waals surface area contributed by atoms with Gasteiger partial charge < -0.3 is 10.0 Å². The molecule has 0 saturated heterocycles. The van der Waals surface area contributed by atoms with E-state index in [0.29, 0.717) is 12.1 Å². The molecule has 0 radical (unpaired) electrons. The van der Waals surface area contributed by atoms with Gasteiger partial charge in [0.15, 0.2) is 0 Å². The monoisotopic (exact) mass is 269 g/mol. The molecule has 0 bridgehead atoms. The van der Waals surface area contributed by atoms with Crippen molar-refractivity contribution < 1.29 is 9.90 Å². The van der Waals surface area contributed by atoms with E-state index in [9.17, 15) is 9.90 Å². The summed E-state index contributed by atoms with van der Waals surface area (Å²) < 4.78 is 0. The summed E-state index contributed by atoms with van der Waals surface area (Å²) in [6, 6.07) is 13.0. The zero-order valence-corrected chi connectivity index (χ0v) is 12.1. The second-order valence-electron chi connectivity index (χ2n) is 5.11. The van der Waals surface area contributed by atoms with E-state index in [1.807, 2.05) is 38.1 Å². The first-order valence-electron chi connectivity index (χ1n) is 6.58. The number of carbonyl (C=O) groups is 1. The van der Waals surface area contributed by atoms with E-state index >= 15 is 0 Å². The number of benzene rings is 2. The second-order valence-corrected chi connectivity index (χ2v) is 5.11. The van der Waals surface area contributed by atoms with Crippen molar-refractivity contribution in [2.75, 3.05) is 7.05 Å². The number of phenolic OH excluding ortho intramolecular Hbond substituents is 1. The van der Waals surface area contributed by atoms with Crippen molar-refractivity contribution in [1.29, 1.82) is 0 Å². The van der Waals surface area contributed by atoms with Crippen molar-refractivity contribution in [2.24, 2.45) is 0 Å².